The summed E-state index contributed by atoms with van der Waals surface area (Å²) in [5, 5.41) is 8.28. The predicted octanol–water partition coefficient (Wildman–Crippen LogP) is 0.916. The van der Waals surface area contributed by atoms with Gasteiger partial charge >= 0.3 is 11.9 Å². The van der Waals surface area contributed by atoms with E-state index in [1.807, 2.05) is 30.3 Å². The molecule has 0 saturated carbocycles. The van der Waals surface area contributed by atoms with Crippen LogP contribution in [-0.4, -0.2) is 40.1 Å². The molecule has 0 aliphatic carbocycles. The highest BCUT2D eigenvalue weighted by Crippen LogP contribution is 2.04. The molecule has 1 aromatic carbocycles. The fourth-order valence-corrected chi connectivity index (χ4v) is 1.60. The largest absolute Gasteiger partial charge is 0.462 e. The third-order valence-corrected chi connectivity index (χ3v) is 2.50. The first-order valence-corrected chi connectivity index (χ1v) is 6.41. The summed E-state index contributed by atoms with van der Waals surface area (Å²) in [6.45, 7) is 1.38. The van der Waals surface area contributed by atoms with Crippen molar-refractivity contribution in [1.82, 2.24) is 15.0 Å². The molecule has 21 heavy (non-hydrogen) atoms. The molecule has 0 atom stereocenters. The summed E-state index contributed by atoms with van der Waals surface area (Å²) >= 11 is 0. The molecular weight excluding hydrogens is 274 g/mol. The van der Waals surface area contributed by atoms with Crippen LogP contribution in [-0.2, 0) is 25.5 Å². The van der Waals surface area contributed by atoms with Crippen LogP contribution in [0.1, 0.15) is 12.6 Å². The van der Waals surface area contributed by atoms with E-state index in [1.165, 1.54) is 17.9 Å². The van der Waals surface area contributed by atoms with Gasteiger partial charge in [-0.3, -0.25) is 9.59 Å². The van der Waals surface area contributed by atoms with E-state index in [9.17, 15) is 9.59 Å². The maximum atomic E-state index is 11.6. The zero-order valence-electron chi connectivity index (χ0n) is 11.6. The Kier molecular flexibility index (Phi) is 5.03. The van der Waals surface area contributed by atoms with Crippen molar-refractivity contribution in [3.63, 3.8) is 0 Å². The molecule has 1 heterocycles. The third-order valence-electron chi connectivity index (χ3n) is 2.50. The quantitative estimate of drug-likeness (QED) is 0.581. The fourth-order valence-electron chi connectivity index (χ4n) is 1.60. The van der Waals surface area contributed by atoms with E-state index in [0.29, 0.717) is 5.69 Å². The molecule has 0 aliphatic rings. The van der Waals surface area contributed by atoms with Gasteiger partial charge in [0.05, 0.1) is 24.0 Å². The lowest BCUT2D eigenvalue weighted by atomic mass is 10.3. The van der Waals surface area contributed by atoms with Gasteiger partial charge in [0.15, 0.2) is 0 Å². The molecule has 0 bridgehead atoms. The van der Waals surface area contributed by atoms with Gasteiger partial charge in [-0.05, 0) is 12.1 Å². The molecule has 2 rings (SSSR count). The van der Waals surface area contributed by atoms with Gasteiger partial charge in [0.2, 0.25) is 0 Å². The number of nitrogens with zero attached hydrogens (tertiary/aromatic N) is 3. The molecule has 0 aliphatic heterocycles. The second-order valence-electron chi connectivity index (χ2n) is 4.20. The van der Waals surface area contributed by atoms with Crippen LogP contribution >= 0.6 is 0 Å². The van der Waals surface area contributed by atoms with Crippen LogP contribution in [0.5, 0.6) is 0 Å². The normalized spacial score (nSPS) is 10.1. The van der Waals surface area contributed by atoms with Crippen molar-refractivity contribution in [2.75, 3.05) is 13.2 Å². The van der Waals surface area contributed by atoms with E-state index in [-0.39, 0.29) is 19.6 Å². The van der Waals surface area contributed by atoms with E-state index in [1.54, 1.807) is 0 Å². The van der Waals surface area contributed by atoms with Gasteiger partial charge in [-0.1, -0.05) is 18.2 Å². The van der Waals surface area contributed by atoms with E-state index in [0.717, 1.165) is 5.69 Å². The Morgan fingerprint density at radius 3 is 2.57 bits per heavy atom. The van der Waals surface area contributed by atoms with Gasteiger partial charge in [0, 0.05) is 6.92 Å². The Labute approximate surface area is 121 Å². The monoisotopic (exact) mass is 289 g/mol. The van der Waals surface area contributed by atoms with Crippen molar-refractivity contribution in [3.05, 3.63) is 42.2 Å². The highest BCUT2D eigenvalue weighted by atomic mass is 16.6. The molecular formula is C14H15N3O4. The Balaban J connectivity index is 1.82. The van der Waals surface area contributed by atoms with Gasteiger partial charge in [-0.2, -0.15) is 15.0 Å². The number of ether oxygens (including phenoxy) is 2. The molecule has 2 aromatic rings. The second-order valence-corrected chi connectivity index (χ2v) is 4.20. The molecule has 0 radical (unpaired) electrons. The highest BCUT2D eigenvalue weighted by Gasteiger charge is 2.09. The smallest absolute Gasteiger partial charge is 0.312 e. The third kappa shape index (κ3) is 4.72. The number of para-hydroxylation sites is 1. The Hall–Kier alpha value is -2.70. The molecule has 0 fully saturated rings. The van der Waals surface area contributed by atoms with E-state index in [4.69, 9.17) is 4.74 Å². The lowest BCUT2D eigenvalue weighted by molar-refractivity contribution is -0.150. The van der Waals surface area contributed by atoms with Gasteiger partial charge in [-0.15, -0.1) is 0 Å². The topological polar surface area (TPSA) is 83.3 Å². The summed E-state index contributed by atoms with van der Waals surface area (Å²) in [5.41, 5.74) is 1.32. The average Bonchev–Trinajstić information content (AvgIpc) is 2.93. The maximum Gasteiger partial charge on any atom is 0.312 e. The van der Waals surface area contributed by atoms with Crippen molar-refractivity contribution in [2.45, 2.75) is 13.3 Å². The van der Waals surface area contributed by atoms with E-state index < -0.39 is 11.9 Å². The molecule has 0 N–H and O–H groups in total. The van der Waals surface area contributed by atoms with Gasteiger partial charge < -0.3 is 9.47 Å². The number of hydrogen-bond donors (Lipinski definition) is 0. The van der Waals surface area contributed by atoms with Gasteiger partial charge in [0.1, 0.15) is 13.2 Å². The van der Waals surface area contributed by atoms with Gasteiger partial charge in [-0.25, -0.2) is 0 Å². The summed E-state index contributed by atoms with van der Waals surface area (Å²) in [5.74, 6) is -0.848. The molecule has 0 spiro atoms. The first kappa shape index (κ1) is 14.7. The number of carbonyl (C=O) groups excluding carboxylic acids is 2. The molecule has 0 amide bonds. The van der Waals surface area contributed by atoms with Crippen LogP contribution in [0.25, 0.3) is 5.69 Å². The molecule has 1 aromatic heterocycles. The zero-order chi connectivity index (χ0) is 15.1. The highest BCUT2D eigenvalue weighted by molar-refractivity contribution is 5.71. The summed E-state index contributed by atoms with van der Waals surface area (Å²) < 4.78 is 9.57. The van der Waals surface area contributed by atoms with Crippen molar-refractivity contribution >= 4 is 11.9 Å². The minimum atomic E-state index is -0.442. The van der Waals surface area contributed by atoms with Crippen LogP contribution in [0.4, 0.5) is 0 Å². The lowest BCUT2D eigenvalue weighted by Gasteiger charge is -2.03. The number of esters is 2. The number of carbonyl (C=O) groups is 2. The Morgan fingerprint density at radius 2 is 1.86 bits per heavy atom. The molecule has 0 saturated heterocycles. The molecule has 7 nitrogen and oxygen atoms in total. The molecule has 110 valence electrons. The van der Waals surface area contributed by atoms with Crippen molar-refractivity contribution < 1.29 is 19.1 Å². The number of benzene rings is 1. The van der Waals surface area contributed by atoms with Crippen LogP contribution in [0.3, 0.4) is 0 Å². The van der Waals surface area contributed by atoms with Crippen LogP contribution in [0.15, 0.2) is 36.5 Å². The van der Waals surface area contributed by atoms with Crippen molar-refractivity contribution in [3.8, 4) is 5.69 Å². The molecule has 7 heteroatoms. The summed E-state index contributed by atoms with van der Waals surface area (Å²) in [7, 11) is 0. The predicted molar refractivity (Wildman–Crippen MR) is 72.7 cm³/mol. The Morgan fingerprint density at radius 1 is 1.14 bits per heavy atom. The number of hydrogen-bond acceptors (Lipinski definition) is 6. The summed E-state index contributed by atoms with van der Waals surface area (Å²) in [4.78, 5) is 23.5. The van der Waals surface area contributed by atoms with E-state index >= 15 is 0 Å². The van der Waals surface area contributed by atoms with Crippen molar-refractivity contribution in [2.24, 2.45) is 0 Å². The fraction of sp³-hybridized carbons (Fsp3) is 0.286. The maximum absolute atomic E-state index is 11.6. The average molecular weight is 289 g/mol. The summed E-state index contributed by atoms with van der Waals surface area (Å²) in [6.07, 6.45) is 1.53. The van der Waals surface area contributed by atoms with Crippen LogP contribution in [0.2, 0.25) is 0 Å². The number of aromatic nitrogens is 3. The first-order chi connectivity index (χ1) is 10.1. The minimum absolute atomic E-state index is 0.0207. The Bertz CT molecular complexity index is 610. The lowest BCUT2D eigenvalue weighted by Crippen LogP contribution is -2.14. The van der Waals surface area contributed by atoms with Crippen LogP contribution < -0.4 is 0 Å². The zero-order valence-corrected chi connectivity index (χ0v) is 11.6. The number of rotatable bonds is 6. The second kappa shape index (κ2) is 7.18. The SMILES string of the molecule is CC(=O)OCCOC(=O)Cc1cnn(-c2ccccc2)n1. The summed E-state index contributed by atoms with van der Waals surface area (Å²) in [6, 6.07) is 9.38. The van der Waals surface area contributed by atoms with Crippen LogP contribution in [0, 0.1) is 0 Å². The minimum Gasteiger partial charge on any atom is -0.462 e. The first-order valence-electron chi connectivity index (χ1n) is 6.41. The standard InChI is InChI=1S/C14H15N3O4/c1-11(18)20-7-8-21-14(19)9-12-10-15-17(16-12)13-5-3-2-4-6-13/h2-6,10H,7-9H2,1H3. The van der Waals surface area contributed by atoms with Gasteiger partial charge in [0.25, 0.3) is 0 Å². The molecule has 0 unspecified atom stereocenters. The van der Waals surface area contributed by atoms with Crippen molar-refractivity contribution in [1.29, 1.82) is 0 Å². The van der Waals surface area contributed by atoms with E-state index in [2.05, 4.69) is 14.9 Å².